The van der Waals surface area contributed by atoms with Crippen molar-refractivity contribution in [3.05, 3.63) is 29.3 Å². The van der Waals surface area contributed by atoms with Gasteiger partial charge in [0.15, 0.2) is 0 Å². The van der Waals surface area contributed by atoms with E-state index in [2.05, 4.69) is 0 Å². The van der Waals surface area contributed by atoms with Crippen LogP contribution in [0.25, 0.3) is 0 Å². The van der Waals surface area contributed by atoms with Gasteiger partial charge in [-0.05, 0) is 50.8 Å². The van der Waals surface area contributed by atoms with Crippen LogP contribution in [0.5, 0.6) is 0 Å². The Labute approximate surface area is 160 Å². The number of carbonyl (C=O) groups is 2. The maximum Gasteiger partial charge on any atom is 0.268 e. The maximum absolute atomic E-state index is 12.7. The van der Waals surface area contributed by atoms with E-state index >= 15 is 0 Å². The molecule has 0 bridgehead atoms. The molecule has 0 radical (unpaired) electrons. The number of hydrogen-bond donors (Lipinski definition) is 1. The van der Waals surface area contributed by atoms with Crippen molar-refractivity contribution >= 4 is 34.2 Å². The van der Waals surface area contributed by atoms with Crippen LogP contribution in [0.3, 0.4) is 0 Å². The monoisotopic (exact) mass is 401 g/mol. The number of nitrogens with zero attached hydrogens (tertiary/aromatic N) is 2. The zero-order valence-electron chi connectivity index (χ0n) is 14.8. The lowest BCUT2D eigenvalue weighted by atomic mass is 9.90. The van der Waals surface area contributed by atoms with E-state index in [0.29, 0.717) is 24.6 Å². The number of sulfonamides is 1. The third-order valence-electron chi connectivity index (χ3n) is 5.11. The Morgan fingerprint density at radius 1 is 1.31 bits per heavy atom. The van der Waals surface area contributed by atoms with Gasteiger partial charge in [-0.2, -0.15) is 0 Å². The minimum Gasteiger partial charge on any atom is -0.339 e. The van der Waals surface area contributed by atoms with Gasteiger partial charge in [0.05, 0.1) is 5.56 Å². The van der Waals surface area contributed by atoms with Gasteiger partial charge < -0.3 is 10.6 Å². The van der Waals surface area contributed by atoms with E-state index in [-0.39, 0.29) is 41.4 Å². The molecule has 1 aromatic rings. The molecule has 3 rings (SSSR count). The number of fused-ring (bicyclic) bond motifs is 1. The van der Waals surface area contributed by atoms with Gasteiger partial charge in [0, 0.05) is 31.2 Å². The fourth-order valence-electron chi connectivity index (χ4n) is 3.53. The van der Waals surface area contributed by atoms with Gasteiger partial charge in [-0.3, -0.25) is 9.59 Å². The Morgan fingerprint density at radius 3 is 2.46 bits per heavy atom. The molecule has 9 heteroatoms. The van der Waals surface area contributed by atoms with Crippen molar-refractivity contribution in [2.75, 3.05) is 19.6 Å². The van der Waals surface area contributed by atoms with E-state index in [1.54, 1.807) is 11.8 Å². The Bertz CT molecular complexity index is 817. The molecule has 2 aliphatic heterocycles. The second-order valence-corrected chi connectivity index (χ2v) is 8.51. The standard InChI is InChI=1S/C17H23N3O4S.ClH/c1-3-20-17(22)14-5-4-13(10-15(14)25(20,23)24)16(21)19-8-6-12(7-9-19)11(2)18;/h4-5,10-12H,3,6-9,18H2,1-2H3;1H. The van der Waals surface area contributed by atoms with Gasteiger partial charge in [-0.1, -0.05) is 0 Å². The van der Waals surface area contributed by atoms with Crippen molar-refractivity contribution in [3.8, 4) is 0 Å². The minimum absolute atomic E-state index is 0. The fraction of sp³-hybridized carbons (Fsp3) is 0.529. The van der Waals surface area contributed by atoms with E-state index in [0.717, 1.165) is 17.1 Å². The highest BCUT2D eigenvalue weighted by molar-refractivity contribution is 7.90. The third kappa shape index (κ3) is 3.33. The number of rotatable bonds is 3. The lowest BCUT2D eigenvalue weighted by Gasteiger charge is -2.33. The number of hydrogen-bond acceptors (Lipinski definition) is 5. The number of benzene rings is 1. The zero-order chi connectivity index (χ0) is 18.4. The summed E-state index contributed by atoms with van der Waals surface area (Å²) in [4.78, 5) is 26.5. The first-order chi connectivity index (χ1) is 11.8. The first-order valence-corrected chi connectivity index (χ1v) is 9.97. The SMILES string of the molecule is CCN1C(=O)c2ccc(C(=O)N3CCC(C(C)N)CC3)cc2S1(=O)=O.Cl. The van der Waals surface area contributed by atoms with Crippen LogP contribution in [0.1, 0.15) is 47.4 Å². The summed E-state index contributed by atoms with van der Waals surface area (Å²) in [5.74, 6) is -0.335. The molecule has 2 amide bonds. The molecule has 2 heterocycles. The molecule has 0 saturated carbocycles. The number of likely N-dealkylation sites (tertiary alicyclic amines) is 1. The number of carbonyl (C=O) groups excluding carboxylic acids is 2. The Hall–Kier alpha value is -1.64. The molecular formula is C17H24ClN3O4S. The molecule has 7 nitrogen and oxygen atoms in total. The Kier molecular flexibility index (Phi) is 5.99. The number of amides is 2. The minimum atomic E-state index is -3.86. The topological polar surface area (TPSA) is 101 Å². The molecule has 1 atom stereocenters. The van der Waals surface area contributed by atoms with Crippen molar-refractivity contribution in [2.24, 2.45) is 11.7 Å². The normalized spacial score (nSPS) is 20.5. The van der Waals surface area contributed by atoms with Gasteiger partial charge in [-0.15, -0.1) is 12.4 Å². The summed E-state index contributed by atoms with van der Waals surface area (Å²) in [7, 11) is -3.86. The highest BCUT2D eigenvalue weighted by Gasteiger charge is 2.40. The summed E-state index contributed by atoms with van der Waals surface area (Å²) in [5, 5.41) is 0. The number of halogens is 1. The molecule has 0 aromatic heterocycles. The summed E-state index contributed by atoms with van der Waals surface area (Å²) in [6.07, 6.45) is 1.68. The van der Waals surface area contributed by atoms with E-state index in [9.17, 15) is 18.0 Å². The Balaban J connectivity index is 0.00000243. The van der Waals surface area contributed by atoms with Gasteiger partial charge in [0.1, 0.15) is 4.90 Å². The molecule has 1 aromatic carbocycles. The van der Waals surface area contributed by atoms with Crippen LogP contribution in [0.15, 0.2) is 23.1 Å². The number of piperidine rings is 1. The predicted octanol–water partition coefficient (Wildman–Crippen LogP) is 1.47. The molecule has 2 aliphatic rings. The van der Waals surface area contributed by atoms with Gasteiger partial charge in [0.25, 0.3) is 21.8 Å². The van der Waals surface area contributed by atoms with Crippen LogP contribution in [-0.2, 0) is 10.0 Å². The predicted molar refractivity (Wildman–Crippen MR) is 99.9 cm³/mol. The van der Waals surface area contributed by atoms with Crippen LogP contribution in [0.4, 0.5) is 0 Å². The first-order valence-electron chi connectivity index (χ1n) is 8.53. The van der Waals surface area contributed by atoms with Crippen LogP contribution in [0.2, 0.25) is 0 Å². The average molecular weight is 402 g/mol. The Morgan fingerprint density at radius 2 is 1.92 bits per heavy atom. The summed E-state index contributed by atoms with van der Waals surface area (Å²) in [5.41, 5.74) is 6.36. The lowest BCUT2D eigenvalue weighted by molar-refractivity contribution is 0.0680. The van der Waals surface area contributed by atoms with Gasteiger partial charge in [-0.25, -0.2) is 12.7 Å². The molecule has 1 unspecified atom stereocenters. The molecule has 2 N–H and O–H groups in total. The molecule has 144 valence electrons. The summed E-state index contributed by atoms with van der Waals surface area (Å²) in [6.45, 7) is 4.87. The van der Waals surface area contributed by atoms with Crippen molar-refractivity contribution < 1.29 is 18.0 Å². The van der Waals surface area contributed by atoms with E-state index in [1.807, 2.05) is 6.92 Å². The largest absolute Gasteiger partial charge is 0.339 e. The van der Waals surface area contributed by atoms with E-state index in [4.69, 9.17) is 5.73 Å². The quantitative estimate of drug-likeness (QED) is 0.826. The second kappa shape index (κ2) is 7.54. The van der Waals surface area contributed by atoms with Crippen molar-refractivity contribution in [1.82, 2.24) is 9.21 Å². The third-order valence-corrected chi connectivity index (χ3v) is 7.01. The molecule has 1 saturated heterocycles. The highest BCUT2D eigenvalue weighted by atomic mass is 35.5. The molecule has 0 aliphatic carbocycles. The molecule has 1 fully saturated rings. The fourth-order valence-corrected chi connectivity index (χ4v) is 5.14. The van der Waals surface area contributed by atoms with Crippen molar-refractivity contribution in [1.29, 1.82) is 0 Å². The molecule has 0 spiro atoms. The highest BCUT2D eigenvalue weighted by Crippen LogP contribution is 2.31. The zero-order valence-corrected chi connectivity index (χ0v) is 16.5. The number of nitrogens with two attached hydrogens (primary N) is 1. The lowest BCUT2D eigenvalue weighted by Crippen LogP contribution is -2.42. The van der Waals surface area contributed by atoms with Gasteiger partial charge in [0.2, 0.25) is 0 Å². The van der Waals surface area contributed by atoms with Crippen LogP contribution < -0.4 is 5.73 Å². The summed E-state index contributed by atoms with van der Waals surface area (Å²) < 4.78 is 25.8. The molecular weight excluding hydrogens is 378 g/mol. The van der Waals surface area contributed by atoms with Crippen LogP contribution in [0, 0.1) is 5.92 Å². The smallest absolute Gasteiger partial charge is 0.268 e. The molecule has 26 heavy (non-hydrogen) atoms. The van der Waals surface area contributed by atoms with Crippen molar-refractivity contribution in [2.45, 2.75) is 37.6 Å². The average Bonchev–Trinajstić information content (AvgIpc) is 2.79. The van der Waals surface area contributed by atoms with Gasteiger partial charge >= 0.3 is 0 Å². The maximum atomic E-state index is 12.7. The van der Waals surface area contributed by atoms with E-state index in [1.165, 1.54) is 18.2 Å². The van der Waals surface area contributed by atoms with Crippen LogP contribution in [-0.4, -0.2) is 55.1 Å². The van der Waals surface area contributed by atoms with Crippen LogP contribution >= 0.6 is 12.4 Å². The van der Waals surface area contributed by atoms with Crippen molar-refractivity contribution in [3.63, 3.8) is 0 Å². The summed E-state index contributed by atoms with van der Waals surface area (Å²) in [6, 6.07) is 4.41. The first kappa shape index (κ1) is 20.7. The van der Waals surface area contributed by atoms with E-state index < -0.39 is 15.9 Å². The second-order valence-electron chi connectivity index (χ2n) is 6.67. The summed E-state index contributed by atoms with van der Waals surface area (Å²) >= 11 is 0.